The summed E-state index contributed by atoms with van der Waals surface area (Å²) in [5, 5.41) is 10.8. The van der Waals surface area contributed by atoms with Crippen LogP contribution in [0.2, 0.25) is 0 Å². The number of nitrogens with zero attached hydrogens (tertiary/aromatic N) is 2. The molecule has 1 aliphatic heterocycles. The fourth-order valence-corrected chi connectivity index (χ4v) is 3.52. The molecule has 0 bridgehead atoms. The predicted octanol–water partition coefficient (Wildman–Crippen LogP) is 4.20. The van der Waals surface area contributed by atoms with E-state index in [0.29, 0.717) is 5.56 Å². The standard InChI is InChI=1S/C23H13BrN2O7/c24-15-4-1-13(2-5-15)20(27)12-33-23(30)14-3-10-18-19(11-14)22(29)25(21(18)28)16-6-8-17(9-7-16)26(31)32/h1-11H,12H2. The number of carbonyl (C=O) groups excluding carboxylic acids is 4. The molecule has 0 aromatic heterocycles. The van der Waals surface area contributed by atoms with Gasteiger partial charge in [0.25, 0.3) is 17.5 Å². The second kappa shape index (κ2) is 8.75. The van der Waals surface area contributed by atoms with Crippen molar-refractivity contribution in [1.29, 1.82) is 0 Å². The van der Waals surface area contributed by atoms with Gasteiger partial charge in [0.15, 0.2) is 12.4 Å². The third-order valence-corrected chi connectivity index (χ3v) is 5.47. The molecule has 0 N–H and O–H groups in total. The van der Waals surface area contributed by atoms with Gasteiger partial charge in [-0.1, -0.05) is 28.1 Å². The van der Waals surface area contributed by atoms with E-state index in [1.54, 1.807) is 24.3 Å². The second-order valence-electron chi connectivity index (χ2n) is 6.99. The van der Waals surface area contributed by atoms with Crippen molar-refractivity contribution in [3.8, 4) is 0 Å². The third-order valence-electron chi connectivity index (χ3n) is 4.94. The number of amides is 2. The quantitative estimate of drug-likeness (QED) is 0.160. The number of benzene rings is 3. The van der Waals surface area contributed by atoms with Gasteiger partial charge in [-0.2, -0.15) is 0 Å². The van der Waals surface area contributed by atoms with E-state index < -0.39 is 35.1 Å². The van der Waals surface area contributed by atoms with Crippen LogP contribution in [-0.4, -0.2) is 35.1 Å². The number of halogens is 1. The Morgan fingerprint density at radius 2 is 1.48 bits per heavy atom. The number of nitro groups is 1. The summed E-state index contributed by atoms with van der Waals surface area (Å²) in [4.78, 5) is 61.3. The number of rotatable bonds is 6. The molecule has 0 saturated carbocycles. The van der Waals surface area contributed by atoms with Crippen molar-refractivity contribution < 1.29 is 28.8 Å². The van der Waals surface area contributed by atoms with E-state index in [2.05, 4.69) is 15.9 Å². The molecule has 3 aromatic carbocycles. The van der Waals surface area contributed by atoms with Crippen LogP contribution in [0.3, 0.4) is 0 Å². The van der Waals surface area contributed by atoms with Crippen LogP contribution < -0.4 is 4.90 Å². The predicted molar refractivity (Wildman–Crippen MR) is 119 cm³/mol. The third kappa shape index (κ3) is 4.28. The Bertz CT molecular complexity index is 1320. The molecule has 1 heterocycles. The summed E-state index contributed by atoms with van der Waals surface area (Å²) >= 11 is 3.27. The van der Waals surface area contributed by atoms with E-state index in [1.807, 2.05) is 0 Å². The first-order chi connectivity index (χ1) is 15.8. The summed E-state index contributed by atoms with van der Waals surface area (Å²) in [7, 11) is 0. The maximum Gasteiger partial charge on any atom is 0.338 e. The van der Waals surface area contributed by atoms with Crippen LogP contribution in [0.5, 0.6) is 0 Å². The summed E-state index contributed by atoms with van der Waals surface area (Å²) in [5.74, 6) is -2.51. The lowest BCUT2D eigenvalue weighted by atomic mass is 10.1. The smallest absolute Gasteiger partial charge is 0.338 e. The van der Waals surface area contributed by atoms with Crippen molar-refractivity contribution in [3.63, 3.8) is 0 Å². The number of hydrogen-bond donors (Lipinski definition) is 0. The second-order valence-corrected chi connectivity index (χ2v) is 7.90. The van der Waals surface area contributed by atoms with E-state index in [4.69, 9.17) is 4.74 Å². The molecule has 2 amide bonds. The molecule has 3 aromatic rings. The highest BCUT2D eigenvalue weighted by molar-refractivity contribution is 9.10. The van der Waals surface area contributed by atoms with Crippen LogP contribution in [0.15, 0.2) is 71.2 Å². The van der Waals surface area contributed by atoms with Crippen molar-refractivity contribution in [1.82, 2.24) is 0 Å². The Labute approximate surface area is 194 Å². The first-order valence-corrected chi connectivity index (χ1v) is 10.3. The lowest BCUT2D eigenvalue weighted by Crippen LogP contribution is -2.29. The SMILES string of the molecule is O=C(COC(=O)c1ccc2c(c1)C(=O)N(c1ccc([N+](=O)[O-])cc1)C2=O)c1ccc(Br)cc1. The van der Waals surface area contributed by atoms with Crippen molar-refractivity contribution in [2.45, 2.75) is 0 Å². The normalized spacial score (nSPS) is 12.5. The summed E-state index contributed by atoms with van der Waals surface area (Å²) < 4.78 is 5.87. The average Bonchev–Trinajstić information content (AvgIpc) is 3.07. The Kier molecular flexibility index (Phi) is 5.84. The topological polar surface area (TPSA) is 124 Å². The molecule has 4 rings (SSSR count). The molecule has 164 valence electrons. The average molecular weight is 509 g/mol. The number of hydrogen-bond acceptors (Lipinski definition) is 7. The van der Waals surface area contributed by atoms with Gasteiger partial charge in [0.05, 0.1) is 27.3 Å². The summed E-state index contributed by atoms with van der Waals surface area (Å²) in [5.41, 5.74) is 0.436. The number of anilines is 1. The monoisotopic (exact) mass is 508 g/mol. The first kappa shape index (κ1) is 22.0. The summed E-state index contributed by atoms with van der Waals surface area (Å²) in [6.07, 6.45) is 0. The Balaban J connectivity index is 1.50. The zero-order chi connectivity index (χ0) is 23.7. The van der Waals surface area contributed by atoms with Gasteiger partial charge in [-0.05, 0) is 42.5 Å². The Morgan fingerprint density at radius 1 is 0.879 bits per heavy atom. The molecule has 0 saturated heterocycles. The van der Waals surface area contributed by atoms with E-state index in [1.165, 1.54) is 42.5 Å². The molecular formula is C23H13BrN2O7. The summed E-state index contributed by atoms with van der Waals surface area (Å²) in [6, 6.07) is 15.4. The molecule has 10 heteroatoms. The molecule has 0 radical (unpaired) electrons. The highest BCUT2D eigenvalue weighted by Crippen LogP contribution is 2.30. The zero-order valence-electron chi connectivity index (χ0n) is 16.7. The molecule has 33 heavy (non-hydrogen) atoms. The van der Waals surface area contributed by atoms with Crippen LogP contribution in [0.1, 0.15) is 41.4 Å². The Morgan fingerprint density at radius 3 is 2.12 bits per heavy atom. The first-order valence-electron chi connectivity index (χ1n) is 9.49. The summed E-state index contributed by atoms with van der Waals surface area (Å²) in [6.45, 7) is -0.487. The van der Waals surface area contributed by atoms with E-state index in [9.17, 15) is 29.3 Å². The largest absolute Gasteiger partial charge is 0.454 e. The number of fused-ring (bicyclic) bond motifs is 1. The molecule has 9 nitrogen and oxygen atoms in total. The number of imide groups is 1. The van der Waals surface area contributed by atoms with Crippen LogP contribution in [0.25, 0.3) is 0 Å². The number of ether oxygens (including phenoxy) is 1. The fourth-order valence-electron chi connectivity index (χ4n) is 3.26. The maximum atomic E-state index is 12.8. The van der Waals surface area contributed by atoms with Crippen LogP contribution in [0.4, 0.5) is 11.4 Å². The minimum Gasteiger partial charge on any atom is -0.454 e. The lowest BCUT2D eigenvalue weighted by Gasteiger charge is -2.13. The number of carbonyl (C=O) groups is 4. The number of ketones is 1. The van der Waals surface area contributed by atoms with Crippen LogP contribution >= 0.6 is 15.9 Å². The van der Waals surface area contributed by atoms with Crippen LogP contribution in [-0.2, 0) is 4.74 Å². The van der Waals surface area contributed by atoms with E-state index in [0.717, 1.165) is 9.37 Å². The van der Waals surface area contributed by atoms with Gasteiger partial charge >= 0.3 is 5.97 Å². The van der Waals surface area contributed by atoms with Crippen molar-refractivity contribution >= 4 is 50.9 Å². The molecule has 0 aliphatic carbocycles. The number of esters is 1. The van der Waals surface area contributed by atoms with Gasteiger partial charge in [0, 0.05) is 22.2 Å². The van der Waals surface area contributed by atoms with Gasteiger partial charge < -0.3 is 4.74 Å². The molecule has 1 aliphatic rings. The van der Waals surface area contributed by atoms with Crippen LogP contribution in [0, 0.1) is 10.1 Å². The van der Waals surface area contributed by atoms with Gasteiger partial charge in [-0.3, -0.25) is 24.5 Å². The zero-order valence-corrected chi connectivity index (χ0v) is 18.3. The maximum absolute atomic E-state index is 12.8. The van der Waals surface area contributed by atoms with Crippen molar-refractivity contribution in [3.05, 3.63) is 104 Å². The van der Waals surface area contributed by atoms with Gasteiger partial charge in [0.1, 0.15) is 0 Å². The van der Waals surface area contributed by atoms with Crippen molar-refractivity contribution in [2.75, 3.05) is 11.5 Å². The Hall–Kier alpha value is -4.18. The molecular weight excluding hydrogens is 496 g/mol. The molecule has 0 unspecified atom stereocenters. The number of nitro benzene ring substituents is 1. The highest BCUT2D eigenvalue weighted by atomic mass is 79.9. The lowest BCUT2D eigenvalue weighted by molar-refractivity contribution is -0.384. The molecule has 0 spiro atoms. The van der Waals surface area contributed by atoms with Gasteiger partial charge in [-0.25, -0.2) is 9.69 Å². The van der Waals surface area contributed by atoms with Crippen molar-refractivity contribution in [2.24, 2.45) is 0 Å². The van der Waals surface area contributed by atoms with Gasteiger partial charge in [0.2, 0.25) is 0 Å². The van der Waals surface area contributed by atoms with E-state index >= 15 is 0 Å². The highest BCUT2D eigenvalue weighted by Gasteiger charge is 2.37. The van der Waals surface area contributed by atoms with Gasteiger partial charge in [-0.15, -0.1) is 0 Å². The molecule has 0 fully saturated rings. The minimum absolute atomic E-state index is 0.00376. The minimum atomic E-state index is -0.822. The number of non-ortho nitro benzene ring substituents is 1. The fraction of sp³-hybridized carbons (Fsp3) is 0.0435. The van der Waals surface area contributed by atoms with E-state index in [-0.39, 0.29) is 28.1 Å². The number of Topliss-reactive ketones (excluding diaryl/α,β-unsaturated/α-hetero) is 1. The molecule has 0 atom stereocenters.